The first-order valence-electron chi connectivity index (χ1n) is 6.19. The summed E-state index contributed by atoms with van der Waals surface area (Å²) in [6.45, 7) is 7.19. The number of nitrogens with one attached hydrogen (secondary N) is 2. The molecule has 5 nitrogen and oxygen atoms in total. The summed E-state index contributed by atoms with van der Waals surface area (Å²) in [4.78, 5) is 9.68. The maximum Gasteiger partial charge on any atom is 0.191 e. The van der Waals surface area contributed by atoms with E-state index in [0.29, 0.717) is 6.54 Å². The van der Waals surface area contributed by atoms with E-state index in [9.17, 15) is 0 Å². The van der Waals surface area contributed by atoms with Crippen LogP contribution in [0.1, 0.15) is 23.2 Å². The second-order valence-electron chi connectivity index (χ2n) is 3.77. The van der Waals surface area contributed by atoms with E-state index in [-0.39, 0.29) is 24.0 Å². The van der Waals surface area contributed by atoms with Gasteiger partial charge in [0.25, 0.3) is 0 Å². The van der Waals surface area contributed by atoms with E-state index in [1.165, 1.54) is 4.88 Å². The molecule has 0 bridgehead atoms. The summed E-state index contributed by atoms with van der Waals surface area (Å²) in [6, 6.07) is 0. The molecule has 1 aromatic rings. The fourth-order valence-corrected chi connectivity index (χ4v) is 2.12. The number of rotatable bonds is 7. The summed E-state index contributed by atoms with van der Waals surface area (Å²) in [5, 5.41) is 7.55. The third kappa shape index (κ3) is 8.38. The molecule has 0 unspecified atom stereocenters. The Morgan fingerprint density at radius 1 is 1.47 bits per heavy atom. The van der Waals surface area contributed by atoms with Crippen LogP contribution < -0.4 is 10.6 Å². The second kappa shape index (κ2) is 11.4. The number of guanidine groups is 1. The molecule has 0 atom stereocenters. The Bertz CT molecular complexity index is 370. The summed E-state index contributed by atoms with van der Waals surface area (Å²) < 4.78 is 5.27. The number of thiazole rings is 1. The Kier molecular flexibility index (Phi) is 11.2. The fourth-order valence-electron chi connectivity index (χ4n) is 1.39. The predicted octanol–water partition coefficient (Wildman–Crippen LogP) is 2.16. The Hall–Kier alpha value is -0.410. The van der Waals surface area contributed by atoms with Crippen molar-refractivity contribution in [3.63, 3.8) is 0 Å². The van der Waals surface area contributed by atoms with Gasteiger partial charge in [-0.15, -0.1) is 35.3 Å². The van der Waals surface area contributed by atoms with E-state index >= 15 is 0 Å². The minimum atomic E-state index is 0. The molecular formula is C12H23IN4OS. The minimum Gasteiger partial charge on any atom is -0.382 e. The van der Waals surface area contributed by atoms with Gasteiger partial charge in [0, 0.05) is 37.9 Å². The van der Waals surface area contributed by atoms with Crippen molar-refractivity contribution in [2.45, 2.75) is 26.8 Å². The first kappa shape index (κ1) is 18.6. The van der Waals surface area contributed by atoms with E-state index in [1.807, 2.05) is 13.1 Å². The average Bonchev–Trinajstić information content (AvgIpc) is 2.78. The van der Waals surface area contributed by atoms with E-state index in [2.05, 4.69) is 27.5 Å². The topological polar surface area (TPSA) is 58.5 Å². The molecule has 0 aliphatic rings. The lowest BCUT2D eigenvalue weighted by atomic mass is 10.4. The number of aliphatic imine (C=N–C) groups is 1. The van der Waals surface area contributed by atoms with Crippen LogP contribution in [0.3, 0.4) is 0 Å². The molecule has 0 saturated carbocycles. The van der Waals surface area contributed by atoms with Gasteiger partial charge in [-0.25, -0.2) is 4.98 Å². The van der Waals surface area contributed by atoms with Gasteiger partial charge in [0.2, 0.25) is 0 Å². The highest BCUT2D eigenvalue weighted by Crippen LogP contribution is 2.10. The summed E-state index contributed by atoms with van der Waals surface area (Å²) in [5.41, 5.74) is 0. The van der Waals surface area contributed by atoms with Crippen LogP contribution in [0.4, 0.5) is 0 Å². The van der Waals surface area contributed by atoms with Gasteiger partial charge in [-0.2, -0.15) is 0 Å². The molecule has 0 aliphatic heterocycles. The van der Waals surface area contributed by atoms with Gasteiger partial charge in [0.05, 0.1) is 6.54 Å². The van der Waals surface area contributed by atoms with E-state index in [4.69, 9.17) is 4.74 Å². The Balaban J connectivity index is 0.00000324. The lowest BCUT2D eigenvalue weighted by molar-refractivity contribution is 0.145. The number of aromatic nitrogens is 1. The Labute approximate surface area is 136 Å². The first-order valence-corrected chi connectivity index (χ1v) is 7.01. The van der Waals surface area contributed by atoms with Crippen molar-refractivity contribution in [2.24, 2.45) is 4.99 Å². The SMILES string of the molecule is CCOCCCNC(=NC)NCc1ncc(C)s1.I. The highest BCUT2D eigenvalue weighted by molar-refractivity contribution is 14.0. The van der Waals surface area contributed by atoms with Crippen LogP contribution in [0.2, 0.25) is 0 Å². The van der Waals surface area contributed by atoms with Crippen molar-refractivity contribution in [1.82, 2.24) is 15.6 Å². The molecular weight excluding hydrogens is 375 g/mol. The molecule has 7 heteroatoms. The summed E-state index contributed by atoms with van der Waals surface area (Å²) in [6.07, 6.45) is 2.87. The van der Waals surface area contributed by atoms with Crippen molar-refractivity contribution < 1.29 is 4.74 Å². The number of nitrogens with zero attached hydrogens (tertiary/aromatic N) is 2. The van der Waals surface area contributed by atoms with Crippen molar-refractivity contribution in [1.29, 1.82) is 0 Å². The third-order valence-electron chi connectivity index (χ3n) is 2.26. The monoisotopic (exact) mass is 398 g/mol. The van der Waals surface area contributed by atoms with Crippen molar-refractivity contribution in [3.05, 3.63) is 16.1 Å². The molecule has 19 heavy (non-hydrogen) atoms. The highest BCUT2D eigenvalue weighted by Gasteiger charge is 2.00. The molecule has 1 rings (SSSR count). The maximum atomic E-state index is 5.27. The van der Waals surface area contributed by atoms with Gasteiger partial charge >= 0.3 is 0 Å². The van der Waals surface area contributed by atoms with Crippen molar-refractivity contribution >= 4 is 41.3 Å². The summed E-state index contributed by atoms with van der Waals surface area (Å²) in [7, 11) is 1.77. The zero-order valence-electron chi connectivity index (χ0n) is 11.7. The molecule has 0 radical (unpaired) electrons. The van der Waals surface area contributed by atoms with Crippen LogP contribution in [0.15, 0.2) is 11.2 Å². The van der Waals surface area contributed by atoms with Gasteiger partial charge in [0.1, 0.15) is 5.01 Å². The van der Waals surface area contributed by atoms with Gasteiger partial charge in [-0.05, 0) is 20.3 Å². The quantitative estimate of drug-likeness (QED) is 0.320. The largest absolute Gasteiger partial charge is 0.382 e. The highest BCUT2D eigenvalue weighted by atomic mass is 127. The van der Waals surface area contributed by atoms with Crippen molar-refractivity contribution in [2.75, 3.05) is 26.8 Å². The third-order valence-corrected chi connectivity index (χ3v) is 3.17. The fraction of sp³-hybridized carbons (Fsp3) is 0.667. The van der Waals surface area contributed by atoms with Crippen LogP contribution in [-0.4, -0.2) is 37.7 Å². The normalized spacial score (nSPS) is 11.0. The van der Waals surface area contributed by atoms with Crippen LogP contribution in [0.25, 0.3) is 0 Å². The molecule has 110 valence electrons. The molecule has 2 N–H and O–H groups in total. The van der Waals surface area contributed by atoms with Crippen LogP contribution >= 0.6 is 35.3 Å². The van der Waals surface area contributed by atoms with Gasteiger partial charge in [0.15, 0.2) is 5.96 Å². The number of halogens is 1. The number of hydrogen-bond donors (Lipinski definition) is 2. The molecule has 0 amide bonds. The average molecular weight is 398 g/mol. The molecule has 0 fully saturated rings. The lowest BCUT2D eigenvalue weighted by Crippen LogP contribution is -2.37. The predicted molar refractivity (Wildman–Crippen MR) is 91.6 cm³/mol. The van der Waals surface area contributed by atoms with Gasteiger partial charge < -0.3 is 15.4 Å². The number of ether oxygens (including phenoxy) is 1. The zero-order valence-corrected chi connectivity index (χ0v) is 14.9. The molecule has 0 aromatic carbocycles. The van der Waals surface area contributed by atoms with Crippen molar-refractivity contribution in [3.8, 4) is 0 Å². The Morgan fingerprint density at radius 3 is 2.84 bits per heavy atom. The standard InChI is InChI=1S/C12H22N4OS.HI/c1-4-17-7-5-6-14-12(13-3)16-9-11-15-8-10(2)18-11;/h8H,4-7,9H2,1-3H3,(H2,13,14,16);1H. The minimum absolute atomic E-state index is 0. The molecule has 0 saturated heterocycles. The molecule has 1 aromatic heterocycles. The summed E-state index contributed by atoms with van der Waals surface area (Å²) >= 11 is 1.70. The Morgan fingerprint density at radius 2 is 2.26 bits per heavy atom. The summed E-state index contributed by atoms with van der Waals surface area (Å²) in [5.74, 6) is 0.805. The smallest absolute Gasteiger partial charge is 0.191 e. The van der Waals surface area contributed by atoms with E-state index in [0.717, 1.165) is 37.1 Å². The van der Waals surface area contributed by atoms with E-state index in [1.54, 1.807) is 18.4 Å². The first-order chi connectivity index (χ1) is 8.76. The van der Waals surface area contributed by atoms with Crippen LogP contribution in [0, 0.1) is 6.92 Å². The molecule has 0 spiro atoms. The van der Waals surface area contributed by atoms with E-state index < -0.39 is 0 Å². The zero-order chi connectivity index (χ0) is 13.2. The second-order valence-corrected chi connectivity index (χ2v) is 5.09. The van der Waals surface area contributed by atoms with Gasteiger partial charge in [-0.1, -0.05) is 0 Å². The van der Waals surface area contributed by atoms with Crippen LogP contribution in [-0.2, 0) is 11.3 Å². The lowest BCUT2D eigenvalue weighted by Gasteiger charge is -2.10. The van der Waals surface area contributed by atoms with Crippen LogP contribution in [0.5, 0.6) is 0 Å². The number of aryl methyl sites for hydroxylation is 1. The van der Waals surface area contributed by atoms with Gasteiger partial charge in [-0.3, -0.25) is 4.99 Å². The molecule has 0 aliphatic carbocycles. The molecule has 1 heterocycles. The number of hydrogen-bond acceptors (Lipinski definition) is 4. The maximum absolute atomic E-state index is 5.27.